The molecule has 1 fully saturated rings. The lowest BCUT2D eigenvalue weighted by molar-refractivity contribution is -0.172. The molecule has 0 unspecified atom stereocenters. The zero-order chi connectivity index (χ0) is 56.2. The maximum absolute atomic E-state index is 15.5. The molecule has 0 saturated heterocycles. The summed E-state index contributed by atoms with van der Waals surface area (Å²) >= 11 is 0. The first-order valence-corrected chi connectivity index (χ1v) is 26.5. The van der Waals surface area contributed by atoms with E-state index in [2.05, 4.69) is 26.6 Å². The van der Waals surface area contributed by atoms with E-state index in [1.165, 1.54) is 17.7 Å². The summed E-state index contributed by atoms with van der Waals surface area (Å²) in [6, 6.07) is 25.2. The number of fused-ring (bicyclic) bond motifs is 8. The molecule has 3 atom stereocenters. The fourth-order valence-electron chi connectivity index (χ4n) is 11.4. The zero-order valence-electron chi connectivity index (χ0n) is 44.0. The number of esters is 1. The van der Waals surface area contributed by atoms with Crippen molar-refractivity contribution in [3.8, 4) is 22.5 Å². The highest BCUT2D eigenvalue weighted by Gasteiger charge is 2.53. The molecule has 412 valence electrons. The van der Waals surface area contributed by atoms with Gasteiger partial charge in [-0.3, -0.25) is 28.8 Å². The fraction of sp³-hybridized carbons (Fsp3) is 0.339. The molecule has 3 aliphatic carbocycles. The Morgan fingerprint density at radius 1 is 0.875 bits per heavy atom. The van der Waals surface area contributed by atoms with Gasteiger partial charge in [0, 0.05) is 47.2 Å². The van der Waals surface area contributed by atoms with Crippen molar-refractivity contribution >= 4 is 52.5 Å². The molecule has 1 saturated carbocycles. The van der Waals surface area contributed by atoms with E-state index < -0.39 is 102 Å². The van der Waals surface area contributed by atoms with Gasteiger partial charge in [-0.05, 0) is 78.5 Å². The van der Waals surface area contributed by atoms with Gasteiger partial charge in [-0.2, -0.15) is 0 Å². The van der Waals surface area contributed by atoms with Crippen molar-refractivity contribution in [3.05, 3.63) is 157 Å². The van der Waals surface area contributed by atoms with Crippen LogP contribution in [0.5, 0.6) is 0 Å². The van der Waals surface area contributed by atoms with E-state index in [9.17, 15) is 43.5 Å². The Hall–Kier alpha value is -8.82. The number of ether oxygens (including phenoxy) is 3. The number of rotatable bonds is 17. The van der Waals surface area contributed by atoms with Crippen molar-refractivity contribution in [2.75, 3.05) is 33.4 Å². The van der Waals surface area contributed by atoms with Crippen LogP contribution >= 0.6 is 0 Å². The molecule has 5 aliphatic rings. The number of carbonyl (C=O) groups is 7. The van der Waals surface area contributed by atoms with Gasteiger partial charge in [0.05, 0.1) is 48.1 Å². The normalized spacial score (nSPS) is 18.0. The second-order valence-corrected chi connectivity index (χ2v) is 20.9. The fourth-order valence-corrected chi connectivity index (χ4v) is 11.4. The second-order valence-electron chi connectivity index (χ2n) is 20.9. The standard InChI is InChI=1S/C59H57FN8O12/c1-4-59(77)40-23-45-51-38(27-68(45)54(73)39(40)29-78-56(59)75)50-42(19-18-33-31(2)41(60)24-43(65-51)49(33)50)66-55(74)58(20-21-58)79-30-63-46(69)25-62-53(72)44(22-32-12-6-5-7-13-32)64-47(70)26-61-48(71)28-67(3)57(76)80-52-36-16-10-8-14-34(36)35-15-9-11-17-37(35)52/h5-17,23-24,42,44,52,77H,4,18-22,25-30H2,1-3H3,(H,61,71)(H,62,72)(H,63,69)(H,64,70)(H,66,74)/t42-,44-,59-/m0/s1. The second kappa shape index (κ2) is 21.1. The molecule has 4 heterocycles. The molecule has 2 aromatic heterocycles. The minimum absolute atomic E-state index is 0.0435. The number of nitrogens with one attached hydrogen (secondary N) is 5. The van der Waals surface area contributed by atoms with Gasteiger partial charge in [0.1, 0.15) is 37.3 Å². The van der Waals surface area contributed by atoms with Crippen LogP contribution in [0.15, 0.2) is 95.8 Å². The van der Waals surface area contributed by atoms with Gasteiger partial charge < -0.3 is 55.4 Å². The van der Waals surface area contributed by atoms with Crippen LogP contribution in [0.4, 0.5) is 9.18 Å². The van der Waals surface area contributed by atoms with Gasteiger partial charge in [0.15, 0.2) is 11.7 Å². The van der Waals surface area contributed by atoms with Crippen LogP contribution in [-0.4, -0.2) is 106 Å². The average Bonchev–Trinajstić information content (AvgIpc) is 4.27. The number of halogens is 1. The van der Waals surface area contributed by atoms with Gasteiger partial charge in [0.2, 0.25) is 23.6 Å². The smallest absolute Gasteiger partial charge is 0.410 e. The maximum atomic E-state index is 15.5. The molecule has 0 spiro atoms. The number of aryl methyl sites for hydroxylation is 1. The van der Waals surface area contributed by atoms with E-state index in [1.807, 2.05) is 48.5 Å². The SMILES string of the molecule is CC[C@@]1(O)C(=O)OCc2c1cc1n(c2=O)Cc2c-1nc1cc(F)c(C)c3c1c2[C@@H](NC(=O)C1(OCNC(=O)CNC(=O)[C@H](Cc2ccccc2)NC(=O)CNC(=O)CN(C)C(=O)OC2c4ccccc4-c4ccccc42)CC1)CC3. The van der Waals surface area contributed by atoms with E-state index >= 15 is 4.39 Å². The van der Waals surface area contributed by atoms with E-state index in [4.69, 9.17) is 19.2 Å². The lowest BCUT2D eigenvalue weighted by Crippen LogP contribution is -2.52. The van der Waals surface area contributed by atoms with Crippen molar-refractivity contribution in [1.29, 1.82) is 0 Å². The minimum Gasteiger partial charge on any atom is -0.458 e. The Morgan fingerprint density at radius 3 is 2.26 bits per heavy atom. The first kappa shape index (κ1) is 53.2. The van der Waals surface area contributed by atoms with Crippen molar-refractivity contribution in [2.24, 2.45) is 0 Å². The summed E-state index contributed by atoms with van der Waals surface area (Å²) < 4.78 is 34.1. The Kier molecular flexibility index (Phi) is 14.0. The Labute approximate surface area is 457 Å². The highest BCUT2D eigenvalue weighted by Crippen LogP contribution is 2.48. The van der Waals surface area contributed by atoms with Gasteiger partial charge in [-0.1, -0.05) is 85.8 Å². The lowest BCUT2D eigenvalue weighted by atomic mass is 9.81. The number of benzene rings is 4. The van der Waals surface area contributed by atoms with Crippen LogP contribution in [0.1, 0.15) is 94.8 Å². The molecule has 6 aromatic rings. The molecule has 6 amide bonds. The van der Waals surface area contributed by atoms with Crippen LogP contribution in [-0.2, 0) is 74.6 Å². The quantitative estimate of drug-likeness (QED) is 0.0556. The van der Waals surface area contributed by atoms with Gasteiger partial charge in [-0.25, -0.2) is 19.0 Å². The van der Waals surface area contributed by atoms with Crippen LogP contribution < -0.4 is 32.1 Å². The molecule has 0 bridgehead atoms. The predicted molar refractivity (Wildman–Crippen MR) is 285 cm³/mol. The third kappa shape index (κ3) is 9.69. The number of amides is 6. The molecule has 20 nitrogen and oxygen atoms in total. The summed E-state index contributed by atoms with van der Waals surface area (Å²) in [6.45, 7) is 1.20. The van der Waals surface area contributed by atoms with E-state index in [-0.39, 0.29) is 43.9 Å². The summed E-state index contributed by atoms with van der Waals surface area (Å²) in [7, 11) is 1.40. The number of aromatic nitrogens is 2. The monoisotopic (exact) mass is 1090 g/mol. The van der Waals surface area contributed by atoms with Crippen LogP contribution in [0.2, 0.25) is 0 Å². The van der Waals surface area contributed by atoms with Crippen LogP contribution in [0, 0.1) is 12.7 Å². The van der Waals surface area contributed by atoms with Gasteiger partial charge >= 0.3 is 12.1 Å². The zero-order valence-corrected chi connectivity index (χ0v) is 44.0. The molecule has 11 rings (SSSR count). The molecule has 4 aromatic carbocycles. The van der Waals surface area contributed by atoms with Crippen molar-refractivity contribution in [3.63, 3.8) is 0 Å². The summed E-state index contributed by atoms with van der Waals surface area (Å²) in [4.78, 5) is 113. The summed E-state index contributed by atoms with van der Waals surface area (Å²) in [6.07, 6.45) is 0.0576. The van der Waals surface area contributed by atoms with Crippen molar-refractivity contribution in [2.45, 2.75) is 94.9 Å². The van der Waals surface area contributed by atoms with E-state index in [0.29, 0.717) is 70.2 Å². The average molecular weight is 1090 g/mol. The number of pyridine rings is 2. The number of hydrogen-bond donors (Lipinski definition) is 6. The number of cyclic esters (lactones) is 1. The molecule has 0 radical (unpaired) electrons. The number of hydrogen-bond acceptors (Lipinski definition) is 13. The van der Waals surface area contributed by atoms with E-state index in [1.54, 1.807) is 50.2 Å². The Morgan fingerprint density at radius 2 is 1.56 bits per heavy atom. The first-order chi connectivity index (χ1) is 38.5. The number of likely N-dealkylation sites (N-methyl/N-ethyl adjacent to an activating group) is 1. The molecule has 21 heteroatoms. The number of carbonyl (C=O) groups excluding carboxylic acids is 7. The minimum atomic E-state index is -2.05. The van der Waals surface area contributed by atoms with E-state index in [0.717, 1.165) is 32.7 Å². The molecule has 80 heavy (non-hydrogen) atoms. The summed E-state index contributed by atoms with van der Waals surface area (Å²) in [5, 5.41) is 25.5. The van der Waals surface area contributed by atoms with Crippen molar-refractivity contribution < 1.29 is 57.3 Å². The molecule has 6 N–H and O–H groups in total. The number of aliphatic hydroxyl groups is 1. The molecular weight excluding hydrogens is 1030 g/mol. The Bertz CT molecular complexity index is 3610. The largest absolute Gasteiger partial charge is 0.458 e. The number of nitrogens with zero attached hydrogens (tertiary/aromatic N) is 3. The first-order valence-electron chi connectivity index (χ1n) is 26.5. The van der Waals surface area contributed by atoms with Crippen LogP contribution in [0.25, 0.3) is 33.4 Å². The van der Waals surface area contributed by atoms with Crippen molar-refractivity contribution in [1.82, 2.24) is 41.0 Å². The lowest BCUT2D eigenvalue weighted by Gasteiger charge is -2.31. The van der Waals surface area contributed by atoms with Gasteiger partial charge in [-0.15, -0.1) is 0 Å². The Balaban J connectivity index is 0.692. The predicted octanol–water partition coefficient (Wildman–Crippen LogP) is 4.05. The van der Waals surface area contributed by atoms with Crippen LogP contribution in [0.3, 0.4) is 0 Å². The molecular formula is C59H57FN8O12. The topological polar surface area (TPSA) is 266 Å². The van der Waals surface area contributed by atoms with Gasteiger partial charge in [0.25, 0.3) is 11.5 Å². The summed E-state index contributed by atoms with van der Waals surface area (Å²) in [5.74, 6) is -4.46. The maximum Gasteiger partial charge on any atom is 0.410 e. The summed E-state index contributed by atoms with van der Waals surface area (Å²) in [5.41, 5.74) is 4.26. The highest BCUT2D eigenvalue weighted by molar-refractivity contribution is 5.96. The molecule has 2 aliphatic heterocycles. The third-order valence-corrected chi connectivity index (χ3v) is 15.9. The third-order valence-electron chi connectivity index (χ3n) is 15.9. The highest BCUT2D eigenvalue weighted by atomic mass is 19.1.